The molecule has 1 aromatic carbocycles. The zero-order valence-electron chi connectivity index (χ0n) is 11.8. The fraction of sp³-hybridized carbons (Fsp3) is 0.467. The monoisotopic (exact) mass is 311 g/mol. The highest BCUT2D eigenvalue weighted by Gasteiger charge is 2.30. The van der Waals surface area contributed by atoms with Crippen LogP contribution in [-0.2, 0) is 9.53 Å². The van der Waals surface area contributed by atoms with Crippen LogP contribution in [0.15, 0.2) is 18.2 Å². The number of esters is 1. The molecule has 1 N–H and O–H groups in total. The molecule has 0 bridgehead atoms. The smallest absolute Gasteiger partial charge is 0.325 e. The molecule has 1 amide bonds. The van der Waals surface area contributed by atoms with Crippen molar-refractivity contribution in [2.75, 3.05) is 13.7 Å². The van der Waals surface area contributed by atoms with Crippen molar-refractivity contribution in [1.29, 1.82) is 0 Å². The normalized spacial score (nSPS) is 15.0. The van der Waals surface area contributed by atoms with Gasteiger partial charge in [0.1, 0.15) is 12.3 Å². The summed E-state index contributed by atoms with van der Waals surface area (Å²) in [7, 11) is 1.29. The van der Waals surface area contributed by atoms with E-state index in [1.807, 2.05) is 0 Å². The zero-order valence-corrected chi connectivity index (χ0v) is 12.6. The fourth-order valence-electron chi connectivity index (χ4n) is 2.62. The van der Waals surface area contributed by atoms with Crippen LogP contribution in [0.2, 0.25) is 5.02 Å². The van der Waals surface area contributed by atoms with Crippen LogP contribution in [0.5, 0.6) is 5.75 Å². The van der Waals surface area contributed by atoms with Gasteiger partial charge in [-0.15, -0.1) is 0 Å². The molecule has 1 fully saturated rings. The topological polar surface area (TPSA) is 66.8 Å². The number of halogens is 1. The van der Waals surface area contributed by atoms with Gasteiger partial charge in [0, 0.05) is 6.04 Å². The maximum Gasteiger partial charge on any atom is 0.325 e. The summed E-state index contributed by atoms with van der Waals surface area (Å²) in [6.45, 7) is -0.105. The van der Waals surface area contributed by atoms with E-state index in [0.29, 0.717) is 0 Å². The lowest BCUT2D eigenvalue weighted by atomic mass is 10.1. The van der Waals surface area contributed by atoms with Gasteiger partial charge >= 0.3 is 5.97 Å². The van der Waals surface area contributed by atoms with Crippen molar-refractivity contribution in [3.63, 3.8) is 0 Å². The molecule has 21 heavy (non-hydrogen) atoms. The summed E-state index contributed by atoms with van der Waals surface area (Å²) >= 11 is 6.04. The van der Waals surface area contributed by atoms with E-state index < -0.39 is 5.97 Å². The summed E-state index contributed by atoms with van der Waals surface area (Å²) in [5, 5.41) is 9.80. The van der Waals surface area contributed by atoms with Crippen LogP contribution in [0, 0.1) is 0 Å². The summed E-state index contributed by atoms with van der Waals surface area (Å²) in [6, 6.07) is 4.22. The first kappa shape index (κ1) is 15.6. The summed E-state index contributed by atoms with van der Waals surface area (Å²) in [6.07, 6.45) is 3.78. The van der Waals surface area contributed by atoms with E-state index in [4.69, 9.17) is 11.6 Å². The Hall–Kier alpha value is -1.75. The standard InChI is InChI=1S/C15H18ClNO4/c1-21-14(19)9-17(10-4-2-3-5-10)15(20)12-8-11(18)6-7-13(12)16/h6-8,10,18H,2-5,9H2,1H3. The van der Waals surface area contributed by atoms with Crippen molar-refractivity contribution < 1.29 is 19.4 Å². The second-order valence-electron chi connectivity index (χ2n) is 5.11. The first-order valence-corrected chi connectivity index (χ1v) is 7.27. The summed E-state index contributed by atoms with van der Waals surface area (Å²) < 4.78 is 4.67. The number of methoxy groups -OCH3 is 1. The first-order valence-electron chi connectivity index (χ1n) is 6.89. The van der Waals surface area contributed by atoms with Crippen molar-refractivity contribution in [2.45, 2.75) is 31.7 Å². The molecule has 2 rings (SSSR count). The van der Waals surface area contributed by atoms with Gasteiger partial charge in [-0.25, -0.2) is 0 Å². The number of amides is 1. The molecule has 0 aliphatic heterocycles. The number of aromatic hydroxyl groups is 1. The second-order valence-corrected chi connectivity index (χ2v) is 5.52. The molecular weight excluding hydrogens is 294 g/mol. The minimum Gasteiger partial charge on any atom is -0.508 e. The molecular formula is C15H18ClNO4. The second kappa shape index (κ2) is 6.80. The Bertz CT molecular complexity index is 540. The van der Waals surface area contributed by atoms with E-state index in [1.54, 1.807) is 0 Å². The van der Waals surface area contributed by atoms with Gasteiger partial charge in [0.25, 0.3) is 5.91 Å². The molecule has 0 spiro atoms. The average molecular weight is 312 g/mol. The van der Waals surface area contributed by atoms with E-state index in [9.17, 15) is 14.7 Å². The van der Waals surface area contributed by atoms with Crippen molar-refractivity contribution in [3.8, 4) is 5.75 Å². The Kier molecular flexibility index (Phi) is 5.07. The highest BCUT2D eigenvalue weighted by atomic mass is 35.5. The molecule has 0 radical (unpaired) electrons. The molecule has 0 aromatic heterocycles. The Morgan fingerprint density at radius 2 is 2.05 bits per heavy atom. The molecule has 0 heterocycles. The van der Waals surface area contributed by atoms with E-state index in [0.717, 1.165) is 25.7 Å². The maximum atomic E-state index is 12.7. The van der Waals surface area contributed by atoms with Crippen LogP contribution >= 0.6 is 11.6 Å². The van der Waals surface area contributed by atoms with Gasteiger partial charge in [-0.05, 0) is 31.0 Å². The number of carbonyl (C=O) groups excluding carboxylic acids is 2. The minimum atomic E-state index is -0.466. The number of nitrogens with zero attached hydrogens (tertiary/aromatic N) is 1. The number of rotatable bonds is 4. The SMILES string of the molecule is COC(=O)CN(C(=O)c1cc(O)ccc1Cl)C1CCCC1. The molecule has 0 atom stereocenters. The van der Waals surface area contributed by atoms with Crippen molar-refractivity contribution in [1.82, 2.24) is 4.90 Å². The lowest BCUT2D eigenvalue weighted by Crippen LogP contribution is -2.42. The molecule has 1 saturated carbocycles. The first-order chi connectivity index (χ1) is 10.0. The average Bonchev–Trinajstić information content (AvgIpc) is 3.00. The largest absolute Gasteiger partial charge is 0.508 e. The number of benzene rings is 1. The molecule has 5 nitrogen and oxygen atoms in total. The van der Waals surface area contributed by atoms with Gasteiger partial charge in [0.15, 0.2) is 0 Å². The van der Waals surface area contributed by atoms with Crippen LogP contribution in [0.3, 0.4) is 0 Å². The summed E-state index contributed by atoms with van der Waals surface area (Å²) in [5.74, 6) is -0.855. The number of hydrogen-bond acceptors (Lipinski definition) is 4. The predicted octanol–water partition coefficient (Wildman–Crippen LogP) is 2.60. The zero-order chi connectivity index (χ0) is 15.4. The highest BCUT2D eigenvalue weighted by Crippen LogP contribution is 2.28. The number of carbonyl (C=O) groups is 2. The lowest BCUT2D eigenvalue weighted by Gasteiger charge is -2.28. The van der Waals surface area contributed by atoms with Gasteiger partial charge in [0.2, 0.25) is 0 Å². The van der Waals surface area contributed by atoms with Crippen molar-refractivity contribution in [3.05, 3.63) is 28.8 Å². The third-order valence-corrected chi connectivity index (χ3v) is 4.06. The number of phenolic OH excluding ortho intramolecular Hbond substituents is 1. The van der Waals surface area contributed by atoms with Gasteiger partial charge in [-0.3, -0.25) is 9.59 Å². The Morgan fingerprint density at radius 1 is 1.38 bits per heavy atom. The van der Waals surface area contributed by atoms with Gasteiger partial charge in [-0.2, -0.15) is 0 Å². The predicted molar refractivity (Wildman–Crippen MR) is 78.4 cm³/mol. The van der Waals surface area contributed by atoms with Gasteiger partial charge < -0.3 is 14.7 Å². The van der Waals surface area contributed by atoms with Crippen LogP contribution in [0.25, 0.3) is 0 Å². The third kappa shape index (κ3) is 3.67. The van der Waals surface area contributed by atoms with Gasteiger partial charge in [0.05, 0.1) is 17.7 Å². The molecule has 1 aliphatic rings. The number of hydrogen-bond donors (Lipinski definition) is 1. The number of phenols is 1. The molecule has 1 aromatic rings. The summed E-state index contributed by atoms with van der Waals surface area (Å²) in [5.41, 5.74) is 0.201. The Balaban J connectivity index is 2.28. The van der Waals surface area contributed by atoms with E-state index in [2.05, 4.69) is 4.74 Å². The molecule has 0 saturated heterocycles. The van der Waals surface area contributed by atoms with Crippen LogP contribution in [0.4, 0.5) is 0 Å². The molecule has 114 valence electrons. The van der Waals surface area contributed by atoms with Crippen LogP contribution < -0.4 is 0 Å². The fourth-order valence-corrected chi connectivity index (χ4v) is 2.82. The van der Waals surface area contributed by atoms with Crippen LogP contribution in [0.1, 0.15) is 36.0 Å². The number of ether oxygens (including phenoxy) is 1. The maximum absolute atomic E-state index is 12.7. The molecule has 6 heteroatoms. The lowest BCUT2D eigenvalue weighted by molar-refractivity contribution is -0.141. The quantitative estimate of drug-likeness (QED) is 0.868. The Labute approximate surface area is 128 Å². The van der Waals surface area contributed by atoms with E-state index >= 15 is 0 Å². The Morgan fingerprint density at radius 3 is 2.67 bits per heavy atom. The molecule has 0 unspecified atom stereocenters. The van der Waals surface area contributed by atoms with E-state index in [1.165, 1.54) is 30.2 Å². The highest BCUT2D eigenvalue weighted by molar-refractivity contribution is 6.33. The van der Waals surface area contributed by atoms with Gasteiger partial charge in [-0.1, -0.05) is 24.4 Å². The minimum absolute atomic E-state index is 0.00927. The van der Waals surface area contributed by atoms with Crippen molar-refractivity contribution >= 4 is 23.5 Å². The van der Waals surface area contributed by atoms with E-state index in [-0.39, 0.29) is 34.8 Å². The van der Waals surface area contributed by atoms with Crippen LogP contribution in [-0.4, -0.2) is 41.6 Å². The molecule has 1 aliphatic carbocycles. The summed E-state index contributed by atoms with van der Waals surface area (Å²) in [4.78, 5) is 25.7. The third-order valence-electron chi connectivity index (χ3n) is 3.73. The van der Waals surface area contributed by atoms with Crippen molar-refractivity contribution in [2.24, 2.45) is 0 Å².